The van der Waals surface area contributed by atoms with E-state index in [9.17, 15) is 9.90 Å². The van der Waals surface area contributed by atoms with Crippen molar-refractivity contribution in [3.05, 3.63) is 48.2 Å². The molecule has 5 heteroatoms. The van der Waals surface area contributed by atoms with Gasteiger partial charge in [0.25, 0.3) is 0 Å². The van der Waals surface area contributed by atoms with Crippen LogP contribution in [0.5, 0.6) is 0 Å². The zero-order valence-electron chi connectivity index (χ0n) is 12.4. The molecule has 2 N–H and O–H groups in total. The Bertz CT molecular complexity index is 625. The quantitative estimate of drug-likeness (QED) is 0.904. The van der Waals surface area contributed by atoms with Gasteiger partial charge in [-0.05, 0) is 23.8 Å². The normalized spacial score (nSPS) is 19.7. The summed E-state index contributed by atoms with van der Waals surface area (Å²) in [5.41, 5.74) is 2.21. The van der Waals surface area contributed by atoms with Crippen molar-refractivity contribution in [2.24, 2.45) is 5.92 Å². The molecule has 5 nitrogen and oxygen atoms in total. The zero-order valence-corrected chi connectivity index (χ0v) is 12.4. The van der Waals surface area contributed by atoms with Gasteiger partial charge in [0.15, 0.2) is 0 Å². The highest BCUT2D eigenvalue weighted by atomic mass is 16.4. The molecule has 0 radical (unpaired) electrons. The van der Waals surface area contributed by atoms with Gasteiger partial charge in [0, 0.05) is 38.3 Å². The summed E-state index contributed by atoms with van der Waals surface area (Å²) in [6.45, 7) is 3.54. The Balaban J connectivity index is 1.72. The fourth-order valence-electron chi connectivity index (χ4n) is 2.81. The lowest BCUT2D eigenvalue weighted by Crippen LogP contribution is -2.33. The van der Waals surface area contributed by atoms with Gasteiger partial charge in [-0.3, -0.25) is 9.69 Å². The SMILES string of the molecule is O=C(O)C1CNCCN(Cc2cccc(-c3ccco3)c2)C1. The number of hydrogen-bond acceptors (Lipinski definition) is 4. The number of aliphatic carboxylic acids is 1. The van der Waals surface area contributed by atoms with Crippen molar-refractivity contribution >= 4 is 5.97 Å². The molecule has 1 aromatic carbocycles. The van der Waals surface area contributed by atoms with Crippen LogP contribution >= 0.6 is 0 Å². The molecular formula is C17H20N2O3. The molecule has 0 aliphatic carbocycles. The van der Waals surface area contributed by atoms with Gasteiger partial charge >= 0.3 is 5.97 Å². The highest BCUT2D eigenvalue weighted by Crippen LogP contribution is 2.21. The second kappa shape index (κ2) is 6.77. The smallest absolute Gasteiger partial charge is 0.309 e. The molecule has 1 aromatic heterocycles. The first-order chi connectivity index (χ1) is 10.7. The van der Waals surface area contributed by atoms with Crippen LogP contribution in [0.3, 0.4) is 0 Å². The Hall–Kier alpha value is -2.11. The third-order valence-electron chi connectivity index (χ3n) is 3.96. The maximum atomic E-state index is 11.2. The van der Waals surface area contributed by atoms with Crippen molar-refractivity contribution in [1.29, 1.82) is 0 Å². The monoisotopic (exact) mass is 300 g/mol. The van der Waals surface area contributed by atoms with Crippen LogP contribution in [0.15, 0.2) is 47.1 Å². The van der Waals surface area contributed by atoms with Crippen LogP contribution in [0.1, 0.15) is 5.56 Å². The van der Waals surface area contributed by atoms with Gasteiger partial charge in [-0.1, -0.05) is 18.2 Å². The summed E-state index contributed by atoms with van der Waals surface area (Å²) < 4.78 is 5.43. The van der Waals surface area contributed by atoms with E-state index in [1.165, 1.54) is 5.56 Å². The van der Waals surface area contributed by atoms with Gasteiger partial charge in [0.05, 0.1) is 12.2 Å². The molecule has 22 heavy (non-hydrogen) atoms. The van der Waals surface area contributed by atoms with Crippen LogP contribution in [0.2, 0.25) is 0 Å². The summed E-state index contributed by atoms with van der Waals surface area (Å²) in [5.74, 6) is -0.234. The number of carbonyl (C=O) groups is 1. The number of carboxylic acids is 1. The van der Waals surface area contributed by atoms with Crippen molar-refractivity contribution in [2.75, 3.05) is 26.2 Å². The molecule has 2 heterocycles. The average molecular weight is 300 g/mol. The Morgan fingerprint density at radius 2 is 2.27 bits per heavy atom. The molecule has 2 aromatic rings. The number of nitrogens with one attached hydrogen (secondary N) is 1. The van der Waals surface area contributed by atoms with Gasteiger partial charge < -0.3 is 14.8 Å². The van der Waals surface area contributed by atoms with Crippen LogP contribution in [0, 0.1) is 5.92 Å². The van der Waals surface area contributed by atoms with Gasteiger partial charge in [-0.2, -0.15) is 0 Å². The van der Waals surface area contributed by atoms with E-state index in [0.717, 1.165) is 31.0 Å². The van der Waals surface area contributed by atoms with E-state index in [1.54, 1.807) is 6.26 Å². The molecule has 1 atom stereocenters. The summed E-state index contributed by atoms with van der Waals surface area (Å²) in [6.07, 6.45) is 1.67. The highest BCUT2D eigenvalue weighted by molar-refractivity contribution is 5.70. The predicted octanol–water partition coefficient (Wildman–Crippen LogP) is 2.05. The molecule has 0 amide bonds. The van der Waals surface area contributed by atoms with Crippen molar-refractivity contribution in [3.63, 3.8) is 0 Å². The molecule has 116 valence electrons. The standard InChI is InChI=1S/C17H20N2O3/c20-17(21)15-10-18-6-7-19(12-15)11-13-3-1-4-14(9-13)16-5-2-8-22-16/h1-5,8-9,15,18H,6-7,10-12H2,(H,20,21). The van der Waals surface area contributed by atoms with Gasteiger partial charge in [0.1, 0.15) is 5.76 Å². The predicted molar refractivity (Wildman–Crippen MR) is 83.4 cm³/mol. The lowest BCUT2D eigenvalue weighted by Gasteiger charge is -2.22. The molecule has 1 aliphatic rings. The van der Waals surface area contributed by atoms with Gasteiger partial charge in [-0.25, -0.2) is 0 Å². The molecule has 1 aliphatic heterocycles. The fraction of sp³-hybridized carbons (Fsp3) is 0.353. The number of benzene rings is 1. The van der Waals surface area contributed by atoms with Crippen LogP contribution in [-0.4, -0.2) is 42.2 Å². The van der Waals surface area contributed by atoms with E-state index in [4.69, 9.17) is 4.42 Å². The lowest BCUT2D eigenvalue weighted by molar-refractivity contribution is -0.142. The van der Waals surface area contributed by atoms with Crippen molar-refractivity contribution in [3.8, 4) is 11.3 Å². The summed E-state index contributed by atoms with van der Waals surface area (Å²) in [4.78, 5) is 13.4. The molecule has 0 bridgehead atoms. The van der Waals surface area contributed by atoms with Crippen LogP contribution in [-0.2, 0) is 11.3 Å². The Morgan fingerprint density at radius 3 is 3.05 bits per heavy atom. The minimum atomic E-state index is -0.733. The molecule has 1 fully saturated rings. The minimum Gasteiger partial charge on any atom is -0.481 e. The van der Waals surface area contributed by atoms with Gasteiger partial charge in [-0.15, -0.1) is 0 Å². The van der Waals surface area contributed by atoms with E-state index < -0.39 is 5.97 Å². The first-order valence-electron chi connectivity index (χ1n) is 7.51. The topological polar surface area (TPSA) is 65.7 Å². The maximum absolute atomic E-state index is 11.2. The number of hydrogen-bond donors (Lipinski definition) is 2. The first-order valence-corrected chi connectivity index (χ1v) is 7.51. The second-order valence-corrected chi connectivity index (χ2v) is 5.65. The van der Waals surface area contributed by atoms with Crippen LogP contribution in [0.25, 0.3) is 11.3 Å². The fourth-order valence-corrected chi connectivity index (χ4v) is 2.81. The van der Waals surface area contributed by atoms with E-state index >= 15 is 0 Å². The van der Waals surface area contributed by atoms with E-state index in [2.05, 4.69) is 22.3 Å². The van der Waals surface area contributed by atoms with Crippen molar-refractivity contribution in [1.82, 2.24) is 10.2 Å². The Kier molecular flexibility index (Phi) is 4.56. The summed E-state index contributed by atoms with van der Waals surface area (Å²) in [7, 11) is 0. The number of nitrogens with zero attached hydrogens (tertiary/aromatic N) is 1. The van der Waals surface area contributed by atoms with Gasteiger partial charge in [0.2, 0.25) is 0 Å². The second-order valence-electron chi connectivity index (χ2n) is 5.65. The molecule has 3 rings (SSSR count). The largest absolute Gasteiger partial charge is 0.481 e. The highest BCUT2D eigenvalue weighted by Gasteiger charge is 2.23. The Morgan fingerprint density at radius 1 is 1.36 bits per heavy atom. The molecule has 1 saturated heterocycles. The first kappa shape index (κ1) is 14.8. The third kappa shape index (κ3) is 3.55. The molecule has 1 unspecified atom stereocenters. The third-order valence-corrected chi connectivity index (χ3v) is 3.96. The van der Waals surface area contributed by atoms with Crippen LogP contribution < -0.4 is 5.32 Å². The lowest BCUT2D eigenvalue weighted by atomic mass is 10.1. The van der Waals surface area contributed by atoms with E-state index in [-0.39, 0.29) is 5.92 Å². The zero-order chi connectivity index (χ0) is 15.4. The van der Waals surface area contributed by atoms with E-state index in [1.807, 2.05) is 24.3 Å². The maximum Gasteiger partial charge on any atom is 0.309 e. The summed E-state index contributed by atoms with van der Waals surface area (Å²) >= 11 is 0. The number of carboxylic acid groups (broad SMARTS) is 1. The molecule has 0 spiro atoms. The van der Waals surface area contributed by atoms with Crippen molar-refractivity contribution in [2.45, 2.75) is 6.54 Å². The van der Waals surface area contributed by atoms with Crippen LogP contribution in [0.4, 0.5) is 0 Å². The summed E-state index contributed by atoms with van der Waals surface area (Å²) in [5, 5.41) is 12.4. The number of furan rings is 1. The Labute approximate surface area is 129 Å². The molecular weight excluding hydrogens is 280 g/mol. The minimum absolute atomic E-state index is 0.351. The summed E-state index contributed by atoms with van der Waals surface area (Å²) in [6, 6.07) is 12.0. The number of rotatable bonds is 4. The van der Waals surface area contributed by atoms with E-state index in [0.29, 0.717) is 13.1 Å². The molecule has 0 saturated carbocycles. The van der Waals surface area contributed by atoms with Crippen molar-refractivity contribution < 1.29 is 14.3 Å². The average Bonchev–Trinajstić information content (AvgIpc) is 2.95.